The lowest BCUT2D eigenvalue weighted by Gasteiger charge is -2.21. The van der Waals surface area contributed by atoms with Crippen molar-refractivity contribution in [2.45, 2.75) is 42.5 Å². The van der Waals surface area contributed by atoms with E-state index >= 15 is 0 Å². The Hall–Kier alpha value is -1.89. The first kappa shape index (κ1) is 14.7. The first-order valence-corrected chi connectivity index (χ1v) is 8.95. The van der Waals surface area contributed by atoms with E-state index in [4.69, 9.17) is 4.52 Å². The van der Waals surface area contributed by atoms with Crippen LogP contribution in [0.5, 0.6) is 0 Å². The maximum Gasteiger partial charge on any atom is 0.249 e. The SMILES string of the molecule is O=C(CSc1ccncc1)N1CCC[C@H]1c1nc(C2CC2)no1. The number of likely N-dealkylation sites (tertiary alicyclic amines) is 1. The Morgan fingerprint density at radius 2 is 2.13 bits per heavy atom. The minimum Gasteiger partial charge on any atom is -0.337 e. The quantitative estimate of drug-likeness (QED) is 0.785. The van der Waals surface area contributed by atoms with Crippen molar-refractivity contribution in [1.82, 2.24) is 20.0 Å². The van der Waals surface area contributed by atoms with Gasteiger partial charge in [-0.2, -0.15) is 4.98 Å². The van der Waals surface area contributed by atoms with Crippen LogP contribution in [0.4, 0.5) is 0 Å². The molecule has 2 aromatic heterocycles. The molecule has 0 aromatic carbocycles. The molecule has 120 valence electrons. The smallest absolute Gasteiger partial charge is 0.249 e. The van der Waals surface area contributed by atoms with E-state index in [9.17, 15) is 4.79 Å². The zero-order valence-corrected chi connectivity index (χ0v) is 13.5. The minimum absolute atomic E-state index is 0.0551. The van der Waals surface area contributed by atoms with E-state index in [2.05, 4.69) is 15.1 Å². The van der Waals surface area contributed by atoms with Crippen molar-refractivity contribution in [2.24, 2.45) is 0 Å². The summed E-state index contributed by atoms with van der Waals surface area (Å²) in [5.41, 5.74) is 0. The van der Waals surface area contributed by atoms with Crippen LogP contribution in [0.2, 0.25) is 0 Å². The van der Waals surface area contributed by atoms with Gasteiger partial charge in [-0.15, -0.1) is 11.8 Å². The predicted molar refractivity (Wildman–Crippen MR) is 84.9 cm³/mol. The van der Waals surface area contributed by atoms with Gasteiger partial charge in [0.2, 0.25) is 11.8 Å². The van der Waals surface area contributed by atoms with E-state index in [1.807, 2.05) is 17.0 Å². The monoisotopic (exact) mass is 330 g/mol. The molecule has 0 bridgehead atoms. The highest BCUT2D eigenvalue weighted by Gasteiger charge is 2.36. The van der Waals surface area contributed by atoms with Crippen molar-refractivity contribution in [3.63, 3.8) is 0 Å². The largest absolute Gasteiger partial charge is 0.337 e. The second kappa shape index (κ2) is 6.31. The number of nitrogens with zero attached hydrogens (tertiary/aromatic N) is 4. The molecule has 2 fully saturated rings. The van der Waals surface area contributed by atoms with E-state index in [0.29, 0.717) is 17.6 Å². The van der Waals surface area contributed by atoms with Crippen molar-refractivity contribution in [3.05, 3.63) is 36.2 Å². The van der Waals surface area contributed by atoms with E-state index in [1.54, 1.807) is 12.4 Å². The number of hydrogen-bond acceptors (Lipinski definition) is 6. The van der Waals surface area contributed by atoms with Crippen LogP contribution in [0, 0.1) is 0 Å². The molecule has 1 amide bonds. The molecule has 1 aliphatic carbocycles. The summed E-state index contributed by atoms with van der Waals surface area (Å²) in [5, 5.41) is 4.07. The molecule has 2 aromatic rings. The number of thioether (sulfide) groups is 1. The number of carbonyl (C=O) groups excluding carboxylic acids is 1. The summed E-state index contributed by atoms with van der Waals surface area (Å²) in [5.74, 6) is 2.43. The van der Waals surface area contributed by atoms with E-state index in [-0.39, 0.29) is 11.9 Å². The summed E-state index contributed by atoms with van der Waals surface area (Å²) in [7, 11) is 0. The van der Waals surface area contributed by atoms with E-state index < -0.39 is 0 Å². The average molecular weight is 330 g/mol. The minimum atomic E-state index is -0.0551. The fourth-order valence-corrected chi connectivity index (χ4v) is 3.64. The number of rotatable bonds is 5. The van der Waals surface area contributed by atoms with Gasteiger partial charge in [0.25, 0.3) is 0 Å². The maximum atomic E-state index is 12.6. The van der Waals surface area contributed by atoms with Crippen LogP contribution in [-0.2, 0) is 4.79 Å². The van der Waals surface area contributed by atoms with Crippen LogP contribution < -0.4 is 0 Å². The standard InChI is InChI=1S/C16H18N4O2S/c21-14(10-23-12-5-7-17-8-6-12)20-9-1-2-13(20)16-18-15(19-22-16)11-3-4-11/h5-8,11,13H,1-4,9-10H2/t13-/m0/s1. The highest BCUT2D eigenvalue weighted by atomic mass is 32.2. The van der Waals surface area contributed by atoms with Gasteiger partial charge in [0.05, 0.1) is 5.75 Å². The van der Waals surface area contributed by atoms with E-state index in [1.165, 1.54) is 11.8 Å². The number of carbonyl (C=O) groups is 1. The summed E-state index contributed by atoms with van der Waals surface area (Å²) in [6, 6.07) is 3.78. The third-order valence-corrected chi connectivity index (χ3v) is 5.27. The summed E-state index contributed by atoms with van der Waals surface area (Å²) >= 11 is 1.53. The Labute approximate surface area is 138 Å². The van der Waals surface area contributed by atoms with Gasteiger partial charge in [-0.25, -0.2) is 0 Å². The Balaban J connectivity index is 1.41. The van der Waals surface area contributed by atoms with Crippen LogP contribution in [0.3, 0.4) is 0 Å². The summed E-state index contributed by atoms with van der Waals surface area (Å²) in [6.45, 7) is 0.765. The molecular weight excluding hydrogens is 312 g/mol. The Morgan fingerprint density at radius 1 is 1.30 bits per heavy atom. The molecule has 0 spiro atoms. The fraction of sp³-hybridized carbons (Fsp3) is 0.500. The maximum absolute atomic E-state index is 12.6. The van der Waals surface area contributed by atoms with Gasteiger partial charge in [0.1, 0.15) is 6.04 Å². The summed E-state index contributed by atoms with van der Waals surface area (Å²) < 4.78 is 5.42. The normalized spacial score (nSPS) is 20.9. The number of amides is 1. The van der Waals surface area contributed by atoms with Gasteiger partial charge >= 0.3 is 0 Å². The van der Waals surface area contributed by atoms with Crippen molar-refractivity contribution in [1.29, 1.82) is 0 Å². The second-order valence-corrected chi connectivity index (χ2v) is 7.03. The van der Waals surface area contributed by atoms with Gasteiger partial charge in [0, 0.05) is 29.8 Å². The summed E-state index contributed by atoms with van der Waals surface area (Å²) in [6.07, 6.45) is 7.66. The first-order chi connectivity index (χ1) is 11.3. The van der Waals surface area contributed by atoms with Gasteiger partial charge in [-0.3, -0.25) is 9.78 Å². The molecule has 2 aliphatic rings. The molecule has 23 heavy (non-hydrogen) atoms. The third kappa shape index (κ3) is 3.24. The second-order valence-electron chi connectivity index (χ2n) is 5.98. The molecule has 0 N–H and O–H groups in total. The lowest BCUT2D eigenvalue weighted by Crippen LogP contribution is -2.32. The molecule has 0 radical (unpaired) electrons. The molecule has 1 saturated carbocycles. The summed E-state index contributed by atoms with van der Waals surface area (Å²) in [4.78, 5) is 24.0. The third-order valence-electron chi connectivity index (χ3n) is 4.27. The van der Waals surface area contributed by atoms with Gasteiger partial charge in [0.15, 0.2) is 5.82 Å². The van der Waals surface area contributed by atoms with Crippen LogP contribution in [0.25, 0.3) is 0 Å². The van der Waals surface area contributed by atoms with Crippen molar-refractivity contribution >= 4 is 17.7 Å². The number of aromatic nitrogens is 3. The van der Waals surface area contributed by atoms with Gasteiger partial charge in [-0.1, -0.05) is 5.16 Å². The predicted octanol–water partition coefficient (Wildman–Crippen LogP) is 2.80. The zero-order valence-electron chi connectivity index (χ0n) is 12.7. The van der Waals surface area contributed by atoms with Crippen LogP contribution in [0.1, 0.15) is 49.4 Å². The average Bonchev–Trinajstić information content (AvgIpc) is 3.12. The molecule has 1 atom stereocenters. The molecule has 7 heteroatoms. The Morgan fingerprint density at radius 3 is 2.91 bits per heavy atom. The van der Waals surface area contributed by atoms with E-state index in [0.717, 1.165) is 42.9 Å². The molecule has 0 unspecified atom stereocenters. The molecular formula is C16H18N4O2S. The zero-order chi connectivity index (χ0) is 15.6. The number of hydrogen-bond donors (Lipinski definition) is 0. The lowest BCUT2D eigenvalue weighted by molar-refractivity contribution is -0.129. The highest BCUT2D eigenvalue weighted by Crippen LogP contribution is 2.39. The Kier molecular flexibility index (Phi) is 4.03. The molecule has 6 nitrogen and oxygen atoms in total. The van der Waals surface area contributed by atoms with Crippen molar-refractivity contribution in [3.8, 4) is 0 Å². The van der Waals surface area contributed by atoms with Gasteiger partial charge in [-0.05, 0) is 37.8 Å². The highest BCUT2D eigenvalue weighted by molar-refractivity contribution is 8.00. The van der Waals surface area contributed by atoms with Crippen LogP contribution >= 0.6 is 11.8 Å². The molecule has 3 heterocycles. The van der Waals surface area contributed by atoms with Crippen LogP contribution in [-0.4, -0.2) is 38.2 Å². The van der Waals surface area contributed by atoms with Crippen molar-refractivity contribution in [2.75, 3.05) is 12.3 Å². The molecule has 1 saturated heterocycles. The first-order valence-electron chi connectivity index (χ1n) is 7.97. The fourth-order valence-electron chi connectivity index (χ4n) is 2.87. The molecule has 4 rings (SSSR count). The van der Waals surface area contributed by atoms with Crippen LogP contribution in [0.15, 0.2) is 33.9 Å². The number of pyridine rings is 1. The lowest BCUT2D eigenvalue weighted by atomic mass is 10.2. The Bertz CT molecular complexity index is 686. The molecule has 1 aliphatic heterocycles. The van der Waals surface area contributed by atoms with Gasteiger partial charge < -0.3 is 9.42 Å². The van der Waals surface area contributed by atoms with Crippen molar-refractivity contribution < 1.29 is 9.32 Å². The topological polar surface area (TPSA) is 72.1 Å².